The second-order valence-corrected chi connectivity index (χ2v) is 8.14. The maximum absolute atomic E-state index is 14.2. The van der Waals surface area contributed by atoms with Gasteiger partial charge >= 0.3 is 0 Å². The highest BCUT2D eigenvalue weighted by molar-refractivity contribution is 6.12. The van der Waals surface area contributed by atoms with Gasteiger partial charge in [-0.2, -0.15) is 0 Å². The highest BCUT2D eigenvalue weighted by Crippen LogP contribution is 2.28. The molecule has 1 aliphatic heterocycles. The number of nitrogens with zero attached hydrogens (tertiary/aromatic N) is 3. The Morgan fingerprint density at radius 1 is 1.37 bits per heavy atom. The van der Waals surface area contributed by atoms with Crippen molar-refractivity contribution >= 4 is 23.2 Å². The molecule has 30 heavy (non-hydrogen) atoms. The number of halogens is 2. The van der Waals surface area contributed by atoms with Gasteiger partial charge < -0.3 is 16.4 Å². The molecule has 0 unspecified atom stereocenters. The standard InChI is InChI=1S/C21H26F2N6O/c1-13(22)14-6-7-16(28-17(14)18(30)15-5-4-8-26-19(15)24)29-10-9-27-21(25,12-29)11-20(2,3)23/h4-8,27H,1,9-12,25H2,2-3H3,(H2,24,26)/t21-/m1/s1. The maximum atomic E-state index is 14.2. The third-order valence-electron chi connectivity index (χ3n) is 4.86. The molecule has 1 atom stereocenters. The van der Waals surface area contributed by atoms with Gasteiger partial charge in [-0.25, -0.2) is 18.7 Å². The lowest BCUT2D eigenvalue weighted by Crippen LogP contribution is -2.67. The predicted molar refractivity (Wildman–Crippen MR) is 113 cm³/mol. The van der Waals surface area contributed by atoms with Crippen molar-refractivity contribution in [1.82, 2.24) is 15.3 Å². The van der Waals surface area contributed by atoms with Crippen molar-refractivity contribution in [2.24, 2.45) is 5.73 Å². The number of pyridine rings is 2. The van der Waals surface area contributed by atoms with E-state index in [0.29, 0.717) is 18.9 Å². The number of carbonyl (C=O) groups is 1. The molecule has 2 aromatic rings. The SMILES string of the molecule is C=C(F)c1ccc(N2CCN[C@](N)(CC(C)(C)F)C2)nc1C(=O)c1cccnc1N. The molecule has 0 bridgehead atoms. The summed E-state index contributed by atoms with van der Waals surface area (Å²) in [7, 11) is 0. The first-order valence-corrected chi connectivity index (χ1v) is 9.58. The van der Waals surface area contributed by atoms with Gasteiger partial charge in [-0.3, -0.25) is 10.1 Å². The highest BCUT2D eigenvalue weighted by Gasteiger charge is 2.37. The molecular weight excluding hydrogens is 390 g/mol. The number of hydrogen-bond donors (Lipinski definition) is 3. The van der Waals surface area contributed by atoms with E-state index in [2.05, 4.69) is 21.9 Å². The molecule has 3 rings (SSSR count). The number of carbonyl (C=O) groups excluding carboxylic acids is 1. The number of hydrogen-bond acceptors (Lipinski definition) is 7. The van der Waals surface area contributed by atoms with Gasteiger partial charge in [-0.1, -0.05) is 6.58 Å². The number of anilines is 2. The van der Waals surface area contributed by atoms with E-state index in [-0.39, 0.29) is 35.6 Å². The number of nitrogen functional groups attached to an aromatic ring is 1. The summed E-state index contributed by atoms with van der Waals surface area (Å²) in [5.41, 5.74) is 9.73. The van der Waals surface area contributed by atoms with Crippen molar-refractivity contribution in [2.75, 3.05) is 30.3 Å². The zero-order valence-corrected chi connectivity index (χ0v) is 17.1. The topological polar surface area (TPSA) is 110 Å². The van der Waals surface area contributed by atoms with E-state index in [1.165, 1.54) is 32.2 Å². The van der Waals surface area contributed by atoms with Crippen LogP contribution in [0.25, 0.3) is 5.83 Å². The number of ketones is 1. The van der Waals surface area contributed by atoms with Crippen LogP contribution in [0.3, 0.4) is 0 Å². The zero-order valence-electron chi connectivity index (χ0n) is 17.1. The molecule has 2 aromatic heterocycles. The fraction of sp³-hybridized carbons (Fsp3) is 0.381. The number of alkyl halides is 1. The van der Waals surface area contributed by atoms with Gasteiger partial charge in [0.2, 0.25) is 5.78 Å². The normalized spacial score (nSPS) is 19.6. The first kappa shape index (κ1) is 21.8. The minimum atomic E-state index is -1.47. The minimum absolute atomic E-state index is 0.0222. The Morgan fingerprint density at radius 3 is 2.73 bits per heavy atom. The van der Waals surface area contributed by atoms with Crippen LogP contribution in [0.1, 0.15) is 41.9 Å². The Balaban J connectivity index is 1.97. The summed E-state index contributed by atoms with van der Waals surface area (Å²) in [6, 6.07) is 6.11. The highest BCUT2D eigenvalue weighted by atomic mass is 19.1. The van der Waals surface area contributed by atoms with Crippen molar-refractivity contribution in [3.8, 4) is 0 Å². The van der Waals surface area contributed by atoms with Crippen molar-refractivity contribution in [2.45, 2.75) is 31.6 Å². The van der Waals surface area contributed by atoms with Crippen LogP contribution in [-0.4, -0.2) is 46.7 Å². The first-order valence-electron chi connectivity index (χ1n) is 9.58. The second-order valence-electron chi connectivity index (χ2n) is 8.14. The van der Waals surface area contributed by atoms with Gasteiger partial charge in [0.05, 0.1) is 17.8 Å². The Kier molecular flexibility index (Phi) is 5.87. The molecule has 3 heterocycles. The van der Waals surface area contributed by atoms with Crippen molar-refractivity contribution in [1.29, 1.82) is 0 Å². The van der Waals surface area contributed by atoms with Crippen LogP contribution in [0.2, 0.25) is 0 Å². The summed E-state index contributed by atoms with van der Waals surface area (Å²) < 4.78 is 28.3. The summed E-state index contributed by atoms with van der Waals surface area (Å²) in [6.45, 7) is 7.55. The third-order valence-corrected chi connectivity index (χ3v) is 4.86. The molecule has 1 fully saturated rings. The monoisotopic (exact) mass is 416 g/mol. The number of piperazine rings is 1. The van der Waals surface area contributed by atoms with Crippen LogP contribution in [0, 0.1) is 0 Å². The van der Waals surface area contributed by atoms with E-state index in [4.69, 9.17) is 11.5 Å². The molecule has 0 aliphatic carbocycles. The van der Waals surface area contributed by atoms with Gasteiger partial charge in [0.15, 0.2) is 0 Å². The number of nitrogens with two attached hydrogens (primary N) is 2. The molecule has 9 heteroatoms. The minimum Gasteiger partial charge on any atom is -0.383 e. The Morgan fingerprint density at radius 2 is 2.10 bits per heavy atom. The van der Waals surface area contributed by atoms with E-state index in [1.807, 2.05) is 4.90 Å². The lowest BCUT2D eigenvalue weighted by molar-refractivity contribution is 0.103. The van der Waals surface area contributed by atoms with Crippen LogP contribution in [-0.2, 0) is 0 Å². The Bertz CT molecular complexity index is 974. The van der Waals surface area contributed by atoms with Crippen molar-refractivity contribution < 1.29 is 13.6 Å². The van der Waals surface area contributed by atoms with Gasteiger partial charge in [0.25, 0.3) is 0 Å². The molecule has 160 valence electrons. The quantitative estimate of drug-likeness (QED) is 0.621. The smallest absolute Gasteiger partial charge is 0.215 e. The summed E-state index contributed by atoms with van der Waals surface area (Å²) in [4.78, 5) is 23.2. The van der Waals surface area contributed by atoms with Gasteiger partial charge in [0.1, 0.15) is 28.8 Å². The number of rotatable bonds is 6. The van der Waals surface area contributed by atoms with Gasteiger partial charge in [0, 0.05) is 31.3 Å². The van der Waals surface area contributed by atoms with Crippen molar-refractivity contribution in [3.05, 3.63) is 53.9 Å². The molecule has 0 spiro atoms. The maximum Gasteiger partial charge on any atom is 0.215 e. The van der Waals surface area contributed by atoms with E-state index in [9.17, 15) is 13.6 Å². The summed E-state index contributed by atoms with van der Waals surface area (Å²) in [5.74, 6) is -0.889. The summed E-state index contributed by atoms with van der Waals surface area (Å²) >= 11 is 0. The average molecular weight is 416 g/mol. The first-order chi connectivity index (χ1) is 14.0. The van der Waals surface area contributed by atoms with Crippen LogP contribution >= 0.6 is 0 Å². The molecular formula is C21H26F2N6O. The number of nitrogens with one attached hydrogen (secondary N) is 1. The van der Waals surface area contributed by atoms with Gasteiger partial charge in [-0.05, 0) is 38.1 Å². The molecule has 5 N–H and O–H groups in total. The Labute approximate surface area is 174 Å². The largest absolute Gasteiger partial charge is 0.383 e. The summed E-state index contributed by atoms with van der Waals surface area (Å²) in [6.07, 6.45) is 1.55. The molecule has 0 radical (unpaired) electrons. The molecule has 0 amide bonds. The molecule has 7 nitrogen and oxygen atoms in total. The molecule has 0 aromatic carbocycles. The Hall–Kier alpha value is -2.91. The fourth-order valence-electron chi connectivity index (χ4n) is 3.73. The second kappa shape index (κ2) is 8.08. The van der Waals surface area contributed by atoms with Crippen molar-refractivity contribution in [3.63, 3.8) is 0 Å². The number of aromatic nitrogens is 2. The third kappa shape index (κ3) is 4.80. The molecule has 0 saturated carbocycles. The fourth-order valence-corrected chi connectivity index (χ4v) is 3.73. The van der Waals surface area contributed by atoms with Crippen LogP contribution < -0.4 is 21.7 Å². The van der Waals surface area contributed by atoms with Crippen LogP contribution in [0.5, 0.6) is 0 Å². The van der Waals surface area contributed by atoms with Crippen LogP contribution in [0.4, 0.5) is 20.4 Å². The van der Waals surface area contributed by atoms with E-state index in [1.54, 1.807) is 12.1 Å². The average Bonchev–Trinajstić information content (AvgIpc) is 2.65. The summed E-state index contributed by atoms with van der Waals surface area (Å²) in [5, 5.41) is 3.15. The predicted octanol–water partition coefficient (Wildman–Crippen LogP) is 2.43. The lowest BCUT2D eigenvalue weighted by Gasteiger charge is -2.43. The van der Waals surface area contributed by atoms with E-state index < -0.39 is 22.9 Å². The van der Waals surface area contributed by atoms with Crippen LogP contribution in [0.15, 0.2) is 37.0 Å². The van der Waals surface area contributed by atoms with E-state index >= 15 is 0 Å². The lowest BCUT2D eigenvalue weighted by atomic mass is 9.93. The molecule has 1 aliphatic rings. The van der Waals surface area contributed by atoms with E-state index in [0.717, 1.165) is 0 Å². The molecule has 1 saturated heterocycles. The zero-order chi connectivity index (χ0) is 22.1. The van der Waals surface area contributed by atoms with Gasteiger partial charge in [-0.15, -0.1) is 0 Å².